The van der Waals surface area contributed by atoms with Gasteiger partial charge in [-0.15, -0.1) is 0 Å². The van der Waals surface area contributed by atoms with Gasteiger partial charge >= 0.3 is 11.9 Å². The molecule has 204 valence electrons. The van der Waals surface area contributed by atoms with Crippen LogP contribution in [0.4, 0.5) is 0 Å². The number of ether oxygens (including phenoxy) is 2. The molecule has 0 radical (unpaired) electrons. The molecular weight excluding hydrogens is 500 g/mol. The van der Waals surface area contributed by atoms with E-state index in [-0.39, 0.29) is 5.57 Å². The summed E-state index contributed by atoms with van der Waals surface area (Å²) in [4.78, 5) is 36.6. The fraction of sp³-hybridized carbons (Fsp3) is 0.235. The number of carbonyl (C=O) groups is 2. The molecule has 0 atom stereocenters. The van der Waals surface area contributed by atoms with Crippen molar-refractivity contribution in [1.29, 1.82) is 0 Å². The summed E-state index contributed by atoms with van der Waals surface area (Å²) in [5.41, 5.74) is 3.21. The molecule has 0 amide bonds. The van der Waals surface area contributed by atoms with Crippen molar-refractivity contribution in [1.82, 2.24) is 9.97 Å². The Kier molecular flexibility index (Phi) is 8.29. The van der Waals surface area contributed by atoms with Crippen LogP contribution in [0, 0.1) is 0 Å². The van der Waals surface area contributed by atoms with Crippen molar-refractivity contribution in [2.24, 2.45) is 0 Å². The number of para-hydroxylation sites is 2. The predicted molar refractivity (Wildman–Crippen MR) is 159 cm³/mol. The lowest BCUT2D eigenvalue weighted by molar-refractivity contribution is -0.152. The highest BCUT2D eigenvalue weighted by Crippen LogP contribution is 2.32. The largest absolute Gasteiger partial charge is 0.457 e. The zero-order chi connectivity index (χ0) is 28.9. The van der Waals surface area contributed by atoms with Gasteiger partial charge in [-0.2, -0.15) is 0 Å². The minimum absolute atomic E-state index is 0.0596. The summed E-state index contributed by atoms with van der Waals surface area (Å²) in [6.07, 6.45) is 2.99. The molecule has 0 aliphatic heterocycles. The van der Waals surface area contributed by atoms with Crippen LogP contribution in [0.25, 0.3) is 33.9 Å². The summed E-state index contributed by atoms with van der Waals surface area (Å²) in [6.45, 7) is 10.7. The third-order valence-electron chi connectivity index (χ3n) is 5.59. The maximum Gasteiger partial charge on any atom is 0.339 e. The average Bonchev–Trinajstić information content (AvgIpc) is 2.89. The summed E-state index contributed by atoms with van der Waals surface area (Å²) < 4.78 is 11.3. The van der Waals surface area contributed by atoms with Crippen molar-refractivity contribution in [3.05, 3.63) is 108 Å². The SMILES string of the molecule is CC(C)(C)OC(=O)/C=C(C(=O)OC(C)(C)C)/C(=C/c1nc2ccccc2nc1-c1ccccc1)c1ccccc1. The van der Waals surface area contributed by atoms with Crippen molar-refractivity contribution >= 4 is 34.6 Å². The van der Waals surface area contributed by atoms with Crippen molar-refractivity contribution in [3.8, 4) is 11.3 Å². The minimum Gasteiger partial charge on any atom is -0.457 e. The molecule has 0 aliphatic carbocycles. The molecule has 0 N–H and O–H groups in total. The first-order valence-electron chi connectivity index (χ1n) is 13.2. The molecule has 0 aliphatic rings. The van der Waals surface area contributed by atoms with Gasteiger partial charge in [-0.3, -0.25) is 0 Å². The predicted octanol–water partition coefficient (Wildman–Crippen LogP) is 7.45. The van der Waals surface area contributed by atoms with Gasteiger partial charge in [0.05, 0.1) is 28.0 Å². The molecule has 40 heavy (non-hydrogen) atoms. The lowest BCUT2D eigenvalue weighted by Gasteiger charge is -2.23. The Balaban J connectivity index is 2.01. The summed E-state index contributed by atoms with van der Waals surface area (Å²) >= 11 is 0. The number of rotatable bonds is 6. The fourth-order valence-corrected chi connectivity index (χ4v) is 4.02. The molecule has 0 spiro atoms. The molecule has 0 unspecified atom stereocenters. The summed E-state index contributed by atoms with van der Waals surface area (Å²) in [6, 6.07) is 26.7. The van der Waals surface area contributed by atoms with E-state index in [9.17, 15) is 9.59 Å². The first-order valence-corrected chi connectivity index (χ1v) is 13.2. The Morgan fingerprint density at radius 3 is 1.77 bits per heavy atom. The second kappa shape index (κ2) is 11.7. The van der Waals surface area contributed by atoms with Gasteiger partial charge in [0.25, 0.3) is 0 Å². The molecule has 0 saturated carbocycles. The highest BCUT2D eigenvalue weighted by atomic mass is 16.6. The average molecular weight is 535 g/mol. The van der Waals surface area contributed by atoms with Gasteiger partial charge in [-0.05, 0) is 70.9 Å². The van der Waals surface area contributed by atoms with Gasteiger partial charge in [-0.1, -0.05) is 72.8 Å². The molecule has 0 saturated heterocycles. The van der Waals surface area contributed by atoms with Gasteiger partial charge in [0, 0.05) is 11.6 Å². The third kappa shape index (κ3) is 7.50. The van der Waals surface area contributed by atoms with Crippen molar-refractivity contribution in [2.75, 3.05) is 0 Å². The number of hydrogen-bond donors (Lipinski definition) is 0. The van der Waals surface area contributed by atoms with Crippen LogP contribution in [-0.2, 0) is 19.1 Å². The van der Waals surface area contributed by atoms with E-state index in [0.717, 1.165) is 11.1 Å². The fourth-order valence-electron chi connectivity index (χ4n) is 4.02. The van der Waals surface area contributed by atoms with Gasteiger partial charge < -0.3 is 9.47 Å². The van der Waals surface area contributed by atoms with E-state index < -0.39 is 23.1 Å². The maximum atomic E-state index is 13.7. The second-order valence-corrected chi connectivity index (χ2v) is 11.3. The molecular formula is C34H34N2O4. The van der Waals surface area contributed by atoms with Crippen molar-refractivity contribution in [2.45, 2.75) is 52.7 Å². The monoisotopic (exact) mass is 534 g/mol. The van der Waals surface area contributed by atoms with Crippen LogP contribution in [-0.4, -0.2) is 33.1 Å². The Labute approximate surface area is 235 Å². The molecule has 6 nitrogen and oxygen atoms in total. The Hall–Kier alpha value is -4.58. The normalized spacial score (nSPS) is 12.8. The minimum atomic E-state index is -0.788. The van der Waals surface area contributed by atoms with Gasteiger partial charge in [0.15, 0.2) is 0 Å². The summed E-state index contributed by atoms with van der Waals surface area (Å²) in [5, 5.41) is 0. The lowest BCUT2D eigenvalue weighted by Crippen LogP contribution is -2.27. The molecule has 0 fully saturated rings. The smallest absolute Gasteiger partial charge is 0.339 e. The van der Waals surface area contributed by atoms with Crippen LogP contribution in [0.15, 0.2) is 96.6 Å². The lowest BCUT2D eigenvalue weighted by atomic mass is 9.94. The summed E-state index contributed by atoms with van der Waals surface area (Å²) in [5.74, 6) is -1.30. The van der Waals surface area contributed by atoms with E-state index in [4.69, 9.17) is 19.4 Å². The van der Waals surface area contributed by atoms with Crippen molar-refractivity contribution in [3.63, 3.8) is 0 Å². The number of nitrogens with zero attached hydrogens (tertiary/aromatic N) is 2. The second-order valence-electron chi connectivity index (χ2n) is 11.3. The quantitative estimate of drug-likeness (QED) is 0.145. The van der Waals surface area contributed by atoms with E-state index in [2.05, 4.69) is 0 Å². The van der Waals surface area contributed by atoms with Crippen LogP contribution < -0.4 is 0 Å². The van der Waals surface area contributed by atoms with E-state index in [1.54, 1.807) is 47.6 Å². The van der Waals surface area contributed by atoms with Gasteiger partial charge in [0.2, 0.25) is 0 Å². The highest BCUT2D eigenvalue weighted by molar-refractivity contribution is 6.14. The zero-order valence-corrected chi connectivity index (χ0v) is 23.8. The van der Waals surface area contributed by atoms with E-state index in [0.29, 0.717) is 28.0 Å². The first kappa shape index (κ1) is 28.4. The molecule has 3 aromatic carbocycles. The molecule has 0 bridgehead atoms. The topological polar surface area (TPSA) is 78.4 Å². The first-order chi connectivity index (χ1) is 18.9. The van der Waals surface area contributed by atoms with Crippen LogP contribution in [0.2, 0.25) is 0 Å². The van der Waals surface area contributed by atoms with Crippen LogP contribution in [0.1, 0.15) is 52.8 Å². The van der Waals surface area contributed by atoms with Crippen LogP contribution >= 0.6 is 0 Å². The summed E-state index contributed by atoms with van der Waals surface area (Å²) in [7, 11) is 0. The van der Waals surface area contributed by atoms with E-state index in [1.165, 1.54) is 6.08 Å². The number of aromatic nitrogens is 2. The zero-order valence-electron chi connectivity index (χ0n) is 23.8. The Bertz CT molecular complexity index is 1580. The molecule has 1 aromatic heterocycles. The Morgan fingerprint density at radius 2 is 1.20 bits per heavy atom. The molecule has 4 rings (SSSR count). The number of fused-ring (bicyclic) bond motifs is 1. The van der Waals surface area contributed by atoms with Crippen LogP contribution in [0.3, 0.4) is 0 Å². The van der Waals surface area contributed by atoms with Crippen LogP contribution in [0.5, 0.6) is 0 Å². The molecule has 4 aromatic rings. The third-order valence-corrected chi connectivity index (χ3v) is 5.59. The number of benzene rings is 3. The molecule has 6 heteroatoms. The number of carbonyl (C=O) groups excluding carboxylic acids is 2. The highest BCUT2D eigenvalue weighted by Gasteiger charge is 2.26. The van der Waals surface area contributed by atoms with E-state index in [1.807, 2.05) is 84.9 Å². The van der Waals surface area contributed by atoms with Crippen molar-refractivity contribution < 1.29 is 19.1 Å². The number of esters is 2. The maximum absolute atomic E-state index is 13.7. The Morgan fingerprint density at radius 1 is 0.675 bits per heavy atom. The standard InChI is InChI=1S/C34H34N2O4/c1-33(2,3)39-30(37)22-26(32(38)40-34(4,5)6)25(23-15-9-7-10-16-23)21-29-31(24-17-11-8-12-18-24)36-28-20-14-13-19-27(28)35-29/h7-22H,1-6H3/b25-21+,26-22-. The van der Waals surface area contributed by atoms with Gasteiger partial charge in [-0.25, -0.2) is 19.6 Å². The van der Waals surface area contributed by atoms with Gasteiger partial charge in [0.1, 0.15) is 11.2 Å². The molecule has 1 heterocycles. The number of hydrogen-bond acceptors (Lipinski definition) is 6. The van der Waals surface area contributed by atoms with E-state index >= 15 is 0 Å².